The Kier molecular flexibility index (Phi) is 4.26. The van der Waals surface area contributed by atoms with Gasteiger partial charge in [-0.1, -0.05) is 60.7 Å². The van der Waals surface area contributed by atoms with Crippen LogP contribution < -0.4 is 4.90 Å². The van der Waals surface area contributed by atoms with Gasteiger partial charge in [-0.15, -0.1) is 0 Å². The summed E-state index contributed by atoms with van der Waals surface area (Å²) in [5, 5.41) is 2.08. The Hall–Kier alpha value is -3.79. The third-order valence-electron chi connectivity index (χ3n) is 6.36. The van der Waals surface area contributed by atoms with Crippen LogP contribution in [0.25, 0.3) is 21.9 Å². The minimum Gasteiger partial charge on any atom is -0.268 e. The molecule has 5 rings (SSSR count). The molecule has 0 bridgehead atoms. The van der Waals surface area contributed by atoms with Crippen LogP contribution in [-0.4, -0.2) is 11.8 Å². The topological polar surface area (TPSA) is 37.4 Å². The molecule has 0 saturated carbocycles. The van der Waals surface area contributed by atoms with Crippen molar-refractivity contribution < 1.29 is 14.0 Å². The smallest absolute Gasteiger partial charge is 0.268 e. The number of hydrogen-bond acceptors (Lipinski definition) is 2. The molecule has 0 unspecified atom stereocenters. The first-order valence-electron chi connectivity index (χ1n) is 10.2. The van der Waals surface area contributed by atoms with Crippen LogP contribution in [0.15, 0.2) is 66.7 Å². The molecule has 1 aliphatic heterocycles. The molecule has 1 heterocycles. The van der Waals surface area contributed by atoms with Gasteiger partial charge in [-0.3, -0.25) is 9.59 Å². The predicted octanol–water partition coefficient (Wildman–Crippen LogP) is 6.37. The van der Waals surface area contributed by atoms with E-state index < -0.39 is 17.6 Å². The average molecular weight is 409 g/mol. The first-order valence-corrected chi connectivity index (χ1v) is 10.2. The van der Waals surface area contributed by atoms with Gasteiger partial charge in [-0.2, -0.15) is 0 Å². The summed E-state index contributed by atoms with van der Waals surface area (Å²) in [6.45, 7) is 5.19. The summed E-state index contributed by atoms with van der Waals surface area (Å²) in [7, 11) is 0. The third kappa shape index (κ3) is 2.65. The van der Waals surface area contributed by atoms with Crippen LogP contribution in [0.3, 0.4) is 0 Å². The van der Waals surface area contributed by atoms with Gasteiger partial charge in [0, 0.05) is 5.56 Å². The second kappa shape index (κ2) is 6.88. The van der Waals surface area contributed by atoms with E-state index >= 15 is 4.39 Å². The predicted molar refractivity (Wildman–Crippen MR) is 121 cm³/mol. The second-order valence-electron chi connectivity index (χ2n) is 7.93. The number of amides is 2. The molecule has 3 nitrogen and oxygen atoms in total. The van der Waals surface area contributed by atoms with Crippen LogP contribution in [-0.2, 0) is 0 Å². The van der Waals surface area contributed by atoms with Gasteiger partial charge in [-0.05, 0) is 59.9 Å². The van der Waals surface area contributed by atoms with E-state index in [1.165, 1.54) is 0 Å². The maximum atomic E-state index is 15.1. The van der Waals surface area contributed by atoms with Crippen molar-refractivity contribution in [3.8, 4) is 11.1 Å². The minimum atomic E-state index is -0.614. The largest absolute Gasteiger partial charge is 0.269 e. The lowest BCUT2D eigenvalue weighted by Gasteiger charge is -2.19. The summed E-state index contributed by atoms with van der Waals surface area (Å²) in [6.07, 6.45) is 0. The first-order chi connectivity index (χ1) is 14.9. The number of rotatable bonds is 2. The maximum Gasteiger partial charge on any atom is 0.269 e. The molecule has 31 heavy (non-hydrogen) atoms. The molecule has 0 N–H and O–H groups in total. The summed E-state index contributed by atoms with van der Waals surface area (Å²) < 4.78 is 15.1. The average Bonchev–Trinajstić information content (AvgIpc) is 3.06. The third-order valence-corrected chi connectivity index (χ3v) is 6.36. The van der Waals surface area contributed by atoms with Crippen molar-refractivity contribution in [3.05, 3.63) is 100 Å². The van der Waals surface area contributed by atoms with E-state index in [1.807, 2.05) is 54.6 Å². The summed E-state index contributed by atoms with van der Waals surface area (Å²) in [4.78, 5) is 27.9. The van der Waals surface area contributed by atoms with Crippen LogP contribution >= 0.6 is 0 Å². The maximum absolute atomic E-state index is 15.1. The van der Waals surface area contributed by atoms with Gasteiger partial charge < -0.3 is 0 Å². The molecule has 152 valence electrons. The van der Waals surface area contributed by atoms with Crippen LogP contribution in [0.2, 0.25) is 0 Å². The Morgan fingerprint density at radius 3 is 2.06 bits per heavy atom. The number of benzene rings is 4. The summed E-state index contributed by atoms with van der Waals surface area (Å²) in [5.74, 6) is -1.70. The van der Waals surface area contributed by atoms with E-state index in [0.29, 0.717) is 22.4 Å². The molecular weight excluding hydrogens is 389 g/mol. The fraction of sp³-hybridized carbons (Fsp3) is 0.111. The minimum absolute atomic E-state index is 0.127. The number of carbonyl (C=O) groups is 2. The highest BCUT2D eigenvalue weighted by atomic mass is 19.1. The number of imide groups is 1. The molecule has 0 spiro atoms. The van der Waals surface area contributed by atoms with E-state index in [9.17, 15) is 9.59 Å². The zero-order valence-electron chi connectivity index (χ0n) is 17.5. The van der Waals surface area contributed by atoms with Gasteiger partial charge in [0.2, 0.25) is 0 Å². The van der Waals surface area contributed by atoms with Crippen LogP contribution in [0.1, 0.15) is 37.4 Å². The normalized spacial score (nSPS) is 13.2. The van der Waals surface area contributed by atoms with Crippen molar-refractivity contribution in [1.29, 1.82) is 0 Å². The van der Waals surface area contributed by atoms with E-state index in [2.05, 4.69) is 0 Å². The first kappa shape index (κ1) is 19.2. The molecule has 0 aliphatic carbocycles. The fourth-order valence-corrected chi connectivity index (χ4v) is 4.48. The van der Waals surface area contributed by atoms with Crippen molar-refractivity contribution in [2.24, 2.45) is 0 Å². The Balaban J connectivity index is 1.75. The van der Waals surface area contributed by atoms with Gasteiger partial charge in [0.05, 0.1) is 16.8 Å². The Bertz CT molecular complexity index is 1370. The van der Waals surface area contributed by atoms with Gasteiger partial charge >= 0.3 is 0 Å². The fourth-order valence-electron chi connectivity index (χ4n) is 4.48. The number of hydrogen-bond donors (Lipinski definition) is 0. The molecule has 4 aromatic rings. The quantitative estimate of drug-likeness (QED) is 0.361. The molecule has 0 radical (unpaired) electrons. The standard InChI is InChI=1S/C27H20FNO2/c1-15-16(2)23-24(25(28)17(15)3)27(31)29(26(23)30)22-14-7-6-12-21(22)20-13-8-10-18-9-4-5-11-19(18)20/h4-14H,1-3H3. The van der Waals surface area contributed by atoms with Gasteiger partial charge in [-0.25, -0.2) is 9.29 Å². The lowest BCUT2D eigenvalue weighted by molar-refractivity contribution is 0.0925. The van der Waals surface area contributed by atoms with E-state index in [4.69, 9.17) is 0 Å². The van der Waals surface area contributed by atoms with Crippen molar-refractivity contribution in [2.45, 2.75) is 20.8 Å². The SMILES string of the molecule is Cc1c(C)c(F)c2c(c1C)C(=O)N(c1ccccc1-c1cccc3ccccc13)C2=O. The van der Waals surface area contributed by atoms with Crippen molar-refractivity contribution in [3.63, 3.8) is 0 Å². The van der Waals surface area contributed by atoms with Crippen molar-refractivity contribution in [2.75, 3.05) is 4.90 Å². The molecule has 2 amide bonds. The molecular formula is C27H20FNO2. The van der Waals surface area contributed by atoms with Crippen LogP contribution in [0.4, 0.5) is 10.1 Å². The van der Waals surface area contributed by atoms with Crippen LogP contribution in [0, 0.1) is 26.6 Å². The number of carbonyl (C=O) groups excluding carboxylic acids is 2. The summed E-state index contributed by atoms with van der Waals surface area (Å²) in [5.41, 5.74) is 3.91. The number of halogens is 1. The molecule has 0 saturated heterocycles. The number of para-hydroxylation sites is 1. The molecule has 1 aliphatic rings. The van der Waals surface area contributed by atoms with Crippen molar-refractivity contribution >= 4 is 28.3 Å². The molecule has 4 heteroatoms. The highest BCUT2D eigenvalue weighted by Gasteiger charge is 2.42. The monoisotopic (exact) mass is 409 g/mol. The van der Waals surface area contributed by atoms with Gasteiger partial charge in [0.25, 0.3) is 11.8 Å². The number of anilines is 1. The lowest BCUT2D eigenvalue weighted by Crippen LogP contribution is -2.30. The Morgan fingerprint density at radius 2 is 1.26 bits per heavy atom. The summed E-state index contributed by atoms with van der Waals surface area (Å²) in [6, 6.07) is 21.2. The van der Waals surface area contributed by atoms with E-state index in [0.717, 1.165) is 26.8 Å². The zero-order chi connectivity index (χ0) is 21.9. The van der Waals surface area contributed by atoms with Gasteiger partial charge in [0.1, 0.15) is 5.82 Å². The van der Waals surface area contributed by atoms with Crippen molar-refractivity contribution in [1.82, 2.24) is 0 Å². The summed E-state index contributed by atoms with van der Waals surface area (Å²) >= 11 is 0. The number of fused-ring (bicyclic) bond motifs is 2. The second-order valence-corrected chi connectivity index (χ2v) is 7.93. The molecule has 0 atom stereocenters. The van der Waals surface area contributed by atoms with Gasteiger partial charge in [0.15, 0.2) is 0 Å². The van der Waals surface area contributed by atoms with E-state index in [1.54, 1.807) is 32.9 Å². The number of nitrogens with zero attached hydrogens (tertiary/aromatic N) is 1. The van der Waals surface area contributed by atoms with E-state index in [-0.39, 0.29) is 11.1 Å². The zero-order valence-corrected chi connectivity index (χ0v) is 17.5. The Morgan fingerprint density at radius 1 is 0.645 bits per heavy atom. The highest BCUT2D eigenvalue weighted by Crippen LogP contribution is 2.40. The molecule has 4 aromatic carbocycles. The molecule has 0 aromatic heterocycles. The highest BCUT2D eigenvalue weighted by molar-refractivity contribution is 6.36. The molecule has 0 fully saturated rings. The lowest BCUT2D eigenvalue weighted by atomic mass is 9.94. The Labute approximate surface area is 179 Å². The van der Waals surface area contributed by atoms with Crippen LogP contribution in [0.5, 0.6) is 0 Å².